The Hall–Kier alpha value is -2.54. The summed E-state index contributed by atoms with van der Waals surface area (Å²) in [5.74, 6) is 0. The van der Waals surface area contributed by atoms with E-state index in [9.17, 15) is 0 Å². The van der Waals surface area contributed by atoms with E-state index < -0.39 is 0 Å². The van der Waals surface area contributed by atoms with E-state index in [-0.39, 0.29) is 5.41 Å². The predicted molar refractivity (Wildman–Crippen MR) is 122 cm³/mol. The van der Waals surface area contributed by atoms with Gasteiger partial charge in [-0.2, -0.15) is 0 Å². The van der Waals surface area contributed by atoms with Gasteiger partial charge >= 0.3 is 0 Å². The van der Waals surface area contributed by atoms with Crippen molar-refractivity contribution >= 4 is 36.2 Å². The van der Waals surface area contributed by atoms with Gasteiger partial charge in [0.1, 0.15) is 7.85 Å². The van der Waals surface area contributed by atoms with Crippen molar-refractivity contribution < 1.29 is 0 Å². The predicted octanol–water partition coefficient (Wildman–Crippen LogP) is 5.86. The van der Waals surface area contributed by atoms with Crippen molar-refractivity contribution in [2.75, 3.05) is 0 Å². The number of benzene rings is 3. The number of allylic oxidation sites excluding steroid dienone is 2. The molecule has 0 spiro atoms. The molecule has 0 aliphatic heterocycles. The number of hydrogen-bond acceptors (Lipinski definition) is 0. The molecule has 0 amide bonds. The summed E-state index contributed by atoms with van der Waals surface area (Å²) in [4.78, 5) is 0. The highest BCUT2D eigenvalue weighted by Gasteiger charge is 2.36. The van der Waals surface area contributed by atoms with Crippen LogP contribution in [0.15, 0.2) is 42.5 Å². The Morgan fingerprint density at radius 2 is 1.46 bits per heavy atom. The van der Waals surface area contributed by atoms with Gasteiger partial charge in [0.2, 0.25) is 0 Å². The van der Waals surface area contributed by atoms with E-state index in [1.54, 1.807) is 11.1 Å². The van der Waals surface area contributed by atoms with Gasteiger partial charge in [0.15, 0.2) is 0 Å². The van der Waals surface area contributed by atoms with Gasteiger partial charge < -0.3 is 0 Å². The molecule has 0 saturated heterocycles. The molecule has 0 heterocycles. The van der Waals surface area contributed by atoms with E-state index in [1.807, 2.05) is 6.07 Å². The molecule has 3 aliphatic carbocycles. The zero-order valence-corrected chi connectivity index (χ0v) is 16.6. The van der Waals surface area contributed by atoms with Gasteiger partial charge in [-0.05, 0) is 93.1 Å². The van der Waals surface area contributed by atoms with Crippen molar-refractivity contribution in [3.05, 3.63) is 75.9 Å². The molecule has 3 aliphatic rings. The maximum atomic E-state index is 6.17. The topological polar surface area (TPSA) is 0 Å². The normalized spacial score (nSPS) is 17.9. The molecule has 0 fully saturated rings. The summed E-state index contributed by atoms with van der Waals surface area (Å²) >= 11 is 0. The number of aryl methyl sites for hydroxylation is 1. The van der Waals surface area contributed by atoms with E-state index >= 15 is 0 Å². The third-order valence-corrected chi connectivity index (χ3v) is 7.12. The monoisotopic (exact) mass is 358 g/mol. The van der Waals surface area contributed by atoms with Crippen LogP contribution in [-0.2, 0) is 18.3 Å². The van der Waals surface area contributed by atoms with Crippen molar-refractivity contribution in [1.82, 2.24) is 0 Å². The third kappa shape index (κ3) is 2.03. The zero-order valence-electron chi connectivity index (χ0n) is 16.6. The number of hydrogen-bond donors (Lipinski definition) is 0. The van der Waals surface area contributed by atoms with E-state index in [1.165, 1.54) is 44.2 Å². The molecule has 0 aromatic heterocycles. The smallest absolute Gasteiger partial charge is 0.0960 e. The molecule has 6 rings (SSSR count). The molecule has 3 aromatic carbocycles. The lowest BCUT2D eigenvalue weighted by Crippen LogP contribution is -2.16. The van der Waals surface area contributed by atoms with E-state index in [4.69, 9.17) is 7.85 Å². The molecular weight excluding hydrogens is 335 g/mol. The molecule has 28 heavy (non-hydrogen) atoms. The summed E-state index contributed by atoms with van der Waals surface area (Å²) < 4.78 is 0. The summed E-state index contributed by atoms with van der Waals surface area (Å²) in [7, 11) is 6.17. The molecule has 1 heteroatoms. The molecule has 2 radical (unpaired) electrons. The second kappa shape index (κ2) is 5.51. The fraction of sp³-hybridized carbons (Fsp3) is 0.259. The average Bonchev–Trinajstić information content (AvgIpc) is 2.93. The van der Waals surface area contributed by atoms with Gasteiger partial charge in [-0.3, -0.25) is 0 Å². The third-order valence-electron chi connectivity index (χ3n) is 7.12. The summed E-state index contributed by atoms with van der Waals surface area (Å²) in [6.07, 6.45) is 14.0. The van der Waals surface area contributed by atoms with Gasteiger partial charge in [0, 0.05) is 5.41 Å². The molecule has 0 nitrogen and oxygen atoms in total. The van der Waals surface area contributed by atoms with Crippen molar-refractivity contribution in [2.45, 2.75) is 44.9 Å². The minimum atomic E-state index is 0.00961. The summed E-state index contributed by atoms with van der Waals surface area (Å²) in [5.41, 5.74) is 12.4. The van der Waals surface area contributed by atoms with Crippen LogP contribution >= 0.6 is 0 Å². The van der Waals surface area contributed by atoms with Crippen LogP contribution < -0.4 is 5.46 Å². The molecule has 0 bridgehead atoms. The Labute approximate surface area is 168 Å². The van der Waals surface area contributed by atoms with E-state index in [2.05, 4.69) is 62.4 Å². The van der Waals surface area contributed by atoms with Crippen molar-refractivity contribution in [2.24, 2.45) is 0 Å². The van der Waals surface area contributed by atoms with Crippen LogP contribution in [0.4, 0.5) is 0 Å². The van der Waals surface area contributed by atoms with Gasteiger partial charge in [0.05, 0.1) is 0 Å². The highest BCUT2D eigenvalue weighted by atomic mass is 14.4. The summed E-state index contributed by atoms with van der Waals surface area (Å²) in [5, 5.41) is 2.88. The standard InChI is InChI=1S/C27H23B/c1-27(2)25-12-11-16(28)13-23(25)24-14-21-19-9-5-3-7-17(19)18-8-4-6-10-20(18)22(21)15-26(24)27/h4-5,8-9,11-15H,3,6-7,10H2,1-2H3. The molecule has 0 N–H and O–H groups in total. The lowest BCUT2D eigenvalue weighted by molar-refractivity contribution is 0.661. The first-order chi connectivity index (χ1) is 13.6. The van der Waals surface area contributed by atoms with Crippen LogP contribution in [-0.4, -0.2) is 7.85 Å². The fourth-order valence-corrected chi connectivity index (χ4v) is 5.71. The van der Waals surface area contributed by atoms with Gasteiger partial charge in [-0.15, -0.1) is 0 Å². The molecule has 0 saturated carbocycles. The van der Waals surface area contributed by atoms with Crippen LogP contribution in [0, 0.1) is 0 Å². The minimum Gasteiger partial charge on any atom is -0.0960 e. The van der Waals surface area contributed by atoms with Crippen molar-refractivity contribution in [3.63, 3.8) is 0 Å². The van der Waals surface area contributed by atoms with E-state index in [0.29, 0.717) is 0 Å². The second-order valence-corrected chi connectivity index (χ2v) is 9.04. The van der Waals surface area contributed by atoms with Crippen LogP contribution in [0.3, 0.4) is 0 Å². The number of rotatable bonds is 0. The molecule has 134 valence electrons. The van der Waals surface area contributed by atoms with E-state index in [0.717, 1.165) is 31.1 Å². The molecule has 0 atom stereocenters. The largest absolute Gasteiger partial charge is 0.113 e. The van der Waals surface area contributed by atoms with Gasteiger partial charge in [-0.25, -0.2) is 0 Å². The van der Waals surface area contributed by atoms with Crippen LogP contribution in [0.25, 0.3) is 34.1 Å². The summed E-state index contributed by atoms with van der Waals surface area (Å²) in [6, 6.07) is 11.4. The van der Waals surface area contributed by atoms with Crippen LogP contribution in [0.5, 0.6) is 0 Å². The Balaban J connectivity index is 1.77. The quantitative estimate of drug-likeness (QED) is 0.442. The highest BCUT2D eigenvalue weighted by Crippen LogP contribution is 2.51. The lowest BCUT2D eigenvalue weighted by atomic mass is 9.78. The first-order valence-electron chi connectivity index (χ1n) is 10.4. The average molecular weight is 358 g/mol. The second-order valence-electron chi connectivity index (χ2n) is 9.04. The van der Waals surface area contributed by atoms with Gasteiger partial charge in [-0.1, -0.05) is 61.8 Å². The Morgan fingerprint density at radius 3 is 2.29 bits per heavy atom. The fourth-order valence-electron chi connectivity index (χ4n) is 5.71. The Kier molecular flexibility index (Phi) is 3.23. The SMILES string of the molecule is [B]c1ccc2c(c1)-c1cc3c4c(c5c(c3cc1C2(C)C)CCC=C5)CCC=C4. The van der Waals surface area contributed by atoms with Crippen LogP contribution in [0.2, 0.25) is 0 Å². The van der Waals surface area contributed by atoms with Crippen molar-refractivity contribution in [3.8, 4) is 11.1 Å². The maximum absolute atomic E-state index is 6.17. The lowest BCUT2D eigenvalue weighted by Gasteiger charge is -2.26. The molecule has 0 unspecified atom stereocenters. The summed E-state index contributed by atoms with van der Waals surface area (Å²) in [6.45, 7) is 4.70. The highest BCUT2D eigenvalue weighted by molar-refractivity contribution is 6.32. The van der Waals surface area contributed by atoms with Crippen molar-refractivity contribution in [1.29, 1.82) is 0 Å². The number of fused-ring (bicyclic) bond motifs is 9. The first kappa shape index (κ1) is 16.4. The molecular formula is C27H23B. The zero-order chi connectivity index (χ0) is 19.0. The Morgan fingerprint density at radius 1 is 0.750 bits per heavy atom. The Bertz CT molecular complexity index is 1240. The first-order valence-corrected chi connectivity index (χ1v) is 10.4. The molecule has 3 aromatic rings. The minimum absolute atomic E-state index is 0.00961. The van der Waals surface area contributed by atoms with Crippen LogP contribution in [0.1, 0.15) is 60.1 Å². The van der Waals surface area contributed by atoms with Gasteiger partial charge in [0.25, 0.3) is 0 Å². The maximum Gasteiger partial charge on any atom is 0.113 e.